The normalized spacial score (nSPS) is 31.5. The molecule has 1 N–H and O–H groups in total. The van der Waals surface area contributed by atoms with Gasteiger partial charge in [-0.2, -0.15) is 0 Å². The van der Waals surface area contributed by atoms with Crippen molar-refractivity contribution in [2.24, 2.45) is 5.92 Å². The Labute approximate surface area is 109 Å². The van der Waals surface area contributed by atoms with Gasteiger partial charge >= 0.3 is 0 Å². The SMILES string of the molecule is O=C(NC1CN2CCC1CC2)c1ncc(Cl)s1. The smallest absolute Gasteiger partial charge is 0.280 e. The maximum Gasteiger partial charge on any atom is 0.280 e. The summed E-state index contributed by atoms with van der Waals surface area (Å²) in [5, 5.41) is 3.55. The Bertz CT molecular complexity index is 428. The van der Waals surface area contributed by atoms with Gasteiger partial charge in [-0.15, -0.1) is 0 Å². The van der Waals surface area contributed by atoms with E-state index in [0.29, 0.717) is 15.3 Å². The number of hydrogen-bond donors (Lipinski definition) is 1. The number of fused-ring (bicyclic) bond motifs is 3. The fourth-order valence-corrected chi connectivity index (χ4v) is 3.53. The van der Waals surface area contributed by atoms with Gasteiger partial charge in [-0.1, -0.05) is 22.9 Å². The van der Waals surface area contributed by atoms with E-state index >= 15 is 0 Å². The minimum Gasteiger partial charge on any atom is -0.346 e. The molecular weight excluding hydrogens is 258 g/mol. The first-order chi connectivity index (χ1) is 8.22. The van der Waals surface area contributed by atoms with Gasteiger partial charge in [0.15, 0.2) is 5.01 Å². The van der Waals surface area contributed by atoms with Crippen LogP contribution in [0.3, 0.4) is 0 Å². The van der Waals surface area contributed by atoms with E-state index in [1.165, 1.54) is 43.5 Å². The second-order valence-electron chi connectivity index (χ2n) is 4.69. The molecule has 3 aliphatic rings. The van der Waals surface area contributed by atoms with Crippen LogP contribution in [0.1, 0.15) is 22.6 Å². The number of amides is 1. The zero-order chi connectivity index (χ0) is 11.8. The van der Waals surface area contributed by atoms with Crippen molar-refractivity contribution in [1.29, 1.82) is 0 Å². The van der Waals surface area contributed by atoms with Crippen LogP contribution < -0.4 is 5.32 Å². The number of hydrogen-bond acceptors (Lipinski definition) is 4. The van der Waals surface area contributed by atoms with Gasteiger partial charge < -0.3 is 10.2 Å². The Morgan fingerprint density at radius 1 is 1.53 bits per heavy atom. The summed E-state index contributed by atoms with van der Waals surface area (Å²) in [7, 11) is 0. The topological polar surface area (TPSA) is 45.2 Å². The number of piperidine rings is 3. The highest BCUT2D eigenvalue weighted by molar-refractivity contribution is 7.17. The molecular formula is C11H14ClN3OS. The number of thiazole rings is 1. The number of aromatic nitrogens is 1. The molecule has 0 spiro atoms. The van der Waals surface area contributed by atoms with Crippen LogP contribution in [0, 0.1) is 5.92 Å². The first kappa shape index (κ1) is 11.4. The zero-order valence-corrected chi connectivity index (χ0v) is 10.9. The molecule has 1 atom stereocenters. The molecule has 6 heteroatoms. The van der Waals surface area contributed by atoms with Gasteiger partial charge in [0, 0.05) is 12.6 Å². The third-order valence-corrected chi connectivity index (χ3v) is 4.76. The highest BCUT2D eigenvalue weighted by Gasteiger charge is 2.35. The van der Waals surface area contributed by atoms with E-state index in [4.69, 9.17) is 11.6 Å². The number of halogens is 1. The summed E-state index contributed by atoms with van der Waals surface area (Å²) in [5.74, 6) is 0.556. The van der Waals surface area contributed by atoms with Crippen molar-refractivity contribution in [3.63, 3.8) is 0 Å². The maximum absolute atomic E-state index is 12.0. The molecule has 0 radical (unpaired) electrons. The maximum atomic E-state index is 12.0. The van der Waals surface area contributed by atoms with Crippen LogP contribution in [0.15, 0.2) is 6.20 Å². The summed E-state index contributed by atoms with van der Waals surface area (Å²) in [5.41, 5.74) is 0. The molecule has 4 heterocycles. The standard InChI is InChI=1S/C11H14ClN3OS/c12-9-5-13-11(17-9)10(16)14-8-6-15-3-1-7(8)2-4-15/h5,7-8H,1-4,6H2,(H,14,16). The van der Waals surface area contributed by atoms with Gasteiger partial charge in [-0.3, -0.25) is 4.79 Å². The molecule has 0 aliphatic carbocycles. The molecule has 3 aliphatic heterocycles. The van der Waals surface area contributed by atoms with Gasteiger partial charge in [0.2, 0.25) is 0 Å². The van der Waals surface area contributed by atoms with E-state index in [0.717, 1.165) is 6.54 Å². The number of nitrogens with zero attached hydrogens (tertiary/aromatic N) is 2. The van der Waals surface area contributed by atoms with Gasteiger partial charge in [0.1, 0.15) is 4.34 Å². The fourth-order valence-electron chi connectivity index (χ4n) is 2.72. The van der Waals surface area contributed by atoms with Crippen LogP contribution in [0.2, 0.25) is 4.34 Å². The molecule has 0 saturated carbocycles. The van der Waals surface area contributed by atoms with Crippen LogP contribution in [-0.2, 0) is 0 Å². The van der Waals surface area contributed by atoms with E-state index < -0.39 is 0 Å². The predicted octanol–water partition coefficient (Wildman–Crippen LogP) is 1.62. The second kappa shape index (κ2) is 4.55. The van der Waals surface area contributed by atoms with Gasteiger partial charge in [0.05, 0.1) is 6.20 Å². The van der Waals surface area contributed by atoms with E-state index in [2.05, 4.69) is 15.2 Å². The van der Waals surface area contributed by atoms with Crippen molar-refractivity contribution in [1.82, 2.24) is 15.2 Å². The van der Waals surface area contributed by atoms with Gasteiger partial charge in [0.25, 0.3) is 5.91 Å². The Hall–Kier alpha value is -0.650. The average molecular weight is 272 g/mol. The molecule has 1 amide bonds. The van der Waals surface area contributed by atoms with Crippen molar-refractivity contribution < 1.29 is 4.79 Å². The summed E-state index contributed by atoms with van der Waals surface area (Å²) in [6.45, 7) is 3.34. The third kappa shape index (κ3) is 2.32. The number of carbonyl (C=O) groups excluding carboxylic acids is 1. The molecule has 1 unspecified atom stereocenters. The summed E-state index contributed by atoms with van der Waals surface area (Å²) in [6.07, 6.45) is 3.92. The zero-order valence-electron chi connectivity index (χ0n) is 9.36. The molecule has 1 aromatic rings. The van der Waals surface area contributed by atoms with Crippen LogP contribution in [-0.4, -0.2) is 41.5 Å². The predicted molar refractivity (Wildman–Crippen MR) is 67.5 cm³/mol. The van der Waals surface area contributed by atoms with Gasteiger partial charge in [-0.05, 0) is 31.8 Å². The van der Waals surface area contributed by atoms with Crippen molar-refractivity contribution in [3.05, 3.63) is 15.5 Å². The van der Waals surface area contributed by atoms with Crippen LogP contribution >= 0.6 is 22.9 Å². The van der Waals surface area contributed by atoms with Crippen molar-refractivity contribution in [2.75, 3.05) is 19.6 Å². The number of nitrogens with one attached hydrogen (secondary N) is 1. The van der Waals surface area contributed by atoms with Crippen LogP contribution in [0.4, 0.5) is 0 Å². The molecule has 3 saturated heterocycles. The molecule has 92 valence electrons. The summed E-state index contributed by atoms with van der Waals surface area (Å²) >= 11 is 7.01. The molecule has 4 rings (SSSR count). The van der Waals surface area contributed by atoms with E-state index in [-0.39, 0.29) is 11.9 Å². The summed E-state index contributed by atoms with van der Waals surface area (Å²) < 4.78 is 0.559. The van der Waals surface area contributed by atoms with E-state index in [1.54, 1.807) is 0 Å². The first-order valence-electron chi connectivity index (χ1n) is 5.87. The quantitative estimate of drug-likeness (QED) is 0.889. The number of carbonyl (C=O) groups is 1. The Balaban J connectivity index is 1.65. The lowest BCUT2D eigenvalue weighted by Gasteiger charge is -2.44. The molecule has 3 fully saturated rings. The van der Waals surface area contributed by atoms with E-state index in [1.807, 2.05) is 0 Å². The van der Waals surface area contributed by atoms with Crippen LogP contribution in [0.25, 0.3) is 0 Å². The van der Waals surface area contributed by atoms with Gasteiger partial charge in [-0.25, -0.2) is 4.98 Å². The lowest BCUT2D eigenvalue weighted by molar-refractivity contribution is 0.0620. The monoisotopic (exact) mass is 271 g/mol. The first-order valence-corrected chi connectivity index (χ1v) is 7.06. The minimum atomic E-state index is -0.0827. The Morgan fingerprint density at radius 2 is 2.29 bits per heavy atom. The van der Waals surface area contributed by atoms with Crippen molar-refractivity contribution in [3.8, 4) is 0 Å². The largest absolute Gasteiger partial charge is 0.346 e. The minimum absolute atomic E-state index is 0.0827. The second-order valence-corrected chi connectivity index (χ2v) is 6.35. The third-order valence-electron chi connectivity index (χ3n) is 3.64. The van der Waals surface area contributed by atoms with Crippen molar-refractivity contribution in [2.45, 2.75) is 18.9 Å². The highest BCUT2D eigenvalue weighted by Crippen LogP contribution is 2.28. The number of rotatable bonds is 2. The van der Waals surface area contributed by atoms with Crippen LogP contribution in [0.5, 0.6) is 0 Å². The highest BCUT2D eigenvalue weighted by atomic mass is 35.5. The molecule has 2 bridgehead atoms. The Kier molecular flexibility index (Phi) is 3.06. The molecule has 17 heavy (non-hydrogen) atoms. The summed E-state index contributed by atoms with van der Waals surface area (Å²) in [6, 6.07) is 0.285. The molecule has 1 aromatic heterocycles. The van der Waals surface area contributed by atoms with Crippen molar-refractivity contribution >= 4 is 28.8 Å². The average Bonchev–Trinajstić information content (AvgIpc) is 2.77. The van der Waals surface area contributed by atoms with E-state index in [9.17, 15) is 4.79 Å². The Morgan fingerprint density at radius 3 is 2.82 bits per heavy atom. The molecule has 0 aromatic carbocycles. The molecule has 4 nitrogen and oxygen atoms in total. The lowest BCUT2D eigenvalue weighted by atomic mass is 9.84. The fraction of sp³-hybridized carbons (Fsp3) is 0.636. The summed E-state index contributed by atoms with van der Waals surface area (Å²) in [4.78, 5) is 18.4. The lowest BCUT2D eigenvalue weighted by Crippen LogP contribution is -2.57.